The van der Waals surface area contributed by atoms with Crippen molar-refractivity contribution in [2.75, 3.05) is 4.90 Å². The highest BCUT2D eigenvalue weighted by Gasteiger charge is 2.39. The van der Waals surface area contributed by atoms with Crippen molar-refractivity contribution in [1.29, 1.82) is 0 Å². The van der Waals surface area contributed by atoms with Gasteiger partial charge in [-0.1, -0.05) is 13.8 Å². The van der Waals surface area contributed by atoms with Crippen molar-refractivity contribution in [2.24, 2.45) is 0 Å². The van der Waals surface area contributed by atoms with Gasteiger partial charge < -0.3 is 4.90 Å². The number of aryl methyl sites for hydroxylation is 1. The third kappa shape index (κ3) is 2.36. The Morgan fingerprint density at radius 2 is 2.10 bits per heavy atom. The van der Waals surface area contributed by atoms with Crippen LogP contribution in [0.25, 0.3) is 0 Å². The van der Waals surface area contributed by atoms with Crippen LogP contribution < -0.4 is 4.90 Å². The number of hydrogen-bond acceptors (Lipinski definition) is 2. The third-order valence-corrected chi connectivity index (χ3v) is 4.75. The number of rotatable bonds is 3. The molecular formula is C18H27NO. The number of carbonyl (C=O) groups is 1. The van der Waals surface area contributed by atoms with Crippen LogP contribution in [0, 0.1) is 6.92 Å². The van der Waals surface area contributed by atoms with Crippen LogP contribution in [0.3, 0.4) is 0 Å². The van der Waals surface area contributed by atoms with Crippen molar-refractivity contribution in [2.45, 2.75) is 71.9 Å². The summed E-state index contributed by atoms with van der Waals surface area (Å²) in [5.41, 5.74) is 4.89. The number of nitrogens with zero attached hydrogens (tertiary/aromatic N) is 1. The molecule has 0 fully saturated rings. The molecule has 0 unspecified atom stereocenters. The zero-order valence-corrected chi connectivity index (χ0v) is 13.7. The second-order valence-electron chi connectivity index (χ2n) is 6.94. The second-order valence-corrected chi connectivity index (χ2v) is 6.94. The molecule has 0 radical (unpaired) electrons. The van der Waals surface area contributed by atoms with E-state index in [2.05, 4.69) is 52.5 Å². The molecule has 0 spiro atoms. The number of aldehydes is 1. The Morgan fingerprint density at radius 3 is 2.65 bits per heavy atom. The molecule has 0 amide bonds. The summed E-state index contributed by atoms with van der Waals surface area (Å²) in [5, 5.41) is 0. The maximum absolute atomic E-state index is 11.1. The SMILES string of the molecule is CC[C@H](C)N1c2c(C)cc(C=O)cc2[C@@H](C)CC1(C)C. The van der Waals surface area contributed by atoms with E-state index in [1.807, 2.05) is 6.07 Å². The highest BCUT2D eigenvalue weighted by molar-refractivity contribution is 5.79. The van der Waals surface area contributed by atoms with Crippen LogP contribution in [-0.2, 0) is 0 Å². The van der Waals surface area contributed by atoms with E-state index in [1.165, 1.54) is 16.8 Å². The zero-order chi connectivity index (χ0) is 15.1. The molecule has 0 N–H and O–H groups in total. The Morgan fingerprint density at radius 1 is 1.45 bits per heavy atom. The molecule has 2 nitrogen and oxygen atoms in total. The van der Waals surface area contributed by atoms with Gasteiger partial charge in [0.25, 0.3) is 0 Å². The Kier molecular flexibility index (Phi) is 3.95. The lowest BCUT2D eigenvalue weighted by molar-refractivity contribution is 0.112. The average molecular weight is 273 g/mol. The van der Waals surface area contributed by atoms with Gasteiger partial charge in [0.2, 0.25) is 0 Å². The molecule has 2 atom stereocenters. The molecule has 0 saturated heterocycles. The fourth-order valence-corrected chi connectivity index (χ4v) is 3.87. The average Bonchev–Trinajstić information content (AvgIpc) is 2.38. The summed E-state index contributed by atoms with van der Waals surface area (Å²) in [6.45, 7) is 13.6. The fourth-order valence-electron chi connectivity index (χ4n) is 3.87. The van der Waals surface area contributed by atoms with Crippen LogP contribution >= 0.6 is 0 Å². The predicted octanol–water partition coefficient (Wildman–Crippen LogP) is 4.70. The smallest absolute Gasteiger partial charge is 0.150 e. The van der Waals surface area contributed by atoms with Gasteiger partial charge in [-0.25, -0.2) is 0 Å². The van der Waals surface area contributed by atoms with Crippen LogP contribution in [0.5, 0.6) is 0 Å². The highest BCUT2D eigenvalue weighted by atomic mass is 16.1. The van der Waals surface area contributed by atoms with Crippen molar-refractivity contribution in [3.8, 4) is 0 Å². The lowest BCUT2D eigenvalue weighted by atomic mass is 9.77. The lowest BCUT2D eigenvalue weighted by Gasteiger charge is -2.51. The minimum Gasteiger partial charge on any atom is -0.363 e. The largest absolute Gasteiger partial charge is 0.363 e. The van der Waals surface area contributed by atoms with Gasteiger partial charge in [-0.05, 0) is 69.7 Å². The van der Waals surface area contributed by atoms with E-state index < -0.39 is 0 Å². The molecular weight excluding hydrogens is 246 g/mol. The fraction of sp³-hybridized carbons (Fsp3) is 0.611. The summed E-state index contributed by atoms with van der Waals surface area (Å²) >= 11 is 0. The normalized spacial score (nSPS) is 22.3. The quantitative estimate of drug-likeness (QED) is 0.744. The number of benzene rings is 1. The summed E-state index contributed by atoms with van der Waals surface area (Å²) in [7, 11) is 0. The first kappa shape index (κ1) is 15.1. The van der Waals surface area contributed by atoms with Crippen molar-refractivity contribution in [3.05, 3.63) is 28.8 Å². The molecule has 2 heteroatoms. The van der Waals surface area contributed by atoms with Gasteiger partial charge in [0.05, 0.1) is 0 Å². The standard InChI is InChI=1S/C18H27NO/c1-7-14(4)19-17-12(2)8-15(11-20)9-16(17)13(3)10-18(19,5)6/h8-9,11,13-14H,7,10H2,1-6H3/t13-,14-/m0/s1. The minimum atomic E-state index is 0.162. The topological polar surface area (TPSA) is 20.3 Å². The van der Waals surface area contributed by atoms with Gasteiger partial charge in [-0.3, -0.25) is 4.79 Å². The van der Waals surface area contributed by atoms with E-state index >= 15 is 0 Å². The lowest BCUT2D eigenvalue weighted by Crippen LogP contribution is -2.53. The number of hydrogen-bond donors (Lipinski definition) is 0. The minimum absolute atomic E-state index is 0.162. The molecule has 0 bridgehead atoms. The molecule has 0 aromatic heterocycles. The molecule has 2 rings (SSSR count). The summed E-state index contributed by atoms with van der Waals surface area (Å²) in [4.78, 5) is 13.7. The Balaban J connectivity index is 2.67. The van der Waals surface area contributed by atoms with Crippen molar-refractivity contribution >= 4 is 12.0 Å². The van der Waals surface area contributed by atoms with Gasteiger partial charge in [-0.15, -0.1) is 0 Å². The van der Waals surface area contributed by atoms with E-state index in [-0.39, 0.29) is 5.54 Å². The van der Waals surface area contributed by atoms with E-state index in [0.717, 1.165) is 24.7 Å². The van der Waals surface area contributed by atoms with Crippen molar-refractivity contribution < 1.29 is 4.79 Å². The predicted molar refractivity (Wildman–Crippen MR) is 85.9 cm³/mol. The molecule has 0 aliphatic carbocycles. The molecule has 1 aromatic rings. The first-order chi connectivity index (χ1) is 9.31. The van der Waals surface area contributed by atoms with Gasteiger partial charge in [0, 0.05) is 22.8 Å². The Hall–Kier alpha value is -1.31. The Labute approximate surface area is 123 Å². The molecule has 1 aromatic carbocycles. The van der Waals surface area contributed by atoms with E-state index in [9.17, 15) is 4.79 Å². The molecule has 1 heterocycles. The summed E-state index contributed by atoms with van der Waals surface area (Å²) in [6.07, 6.45) is 3.23. The van der Waals surface area contributed by atoms with Crippen LogP contribution in [-0.4, -0.2) is 17.9 Å². The van der Waals surface area contributed by atoms with E-state index in [0.29, 0.717) is 12.0 Å². The van der Waals surface area contributed by atoms with Crippen LogP contribution in [0.2, 0.25) is 0 Å². The van der Waals surface area contributed by atoms with Gasteiger partial charge in [0.15, 0.2) is 0 Å². The molecule has 0 saturated carbocycles. The van der Waals surface area contributed by atoms with E-state index in [1.54, 1.807) is 0 Å². The van der Waals surface area contributed by atoms with Crippen molar-refractivity contribution in [1.82, 2.24) is 0 Å². The summed E-state index contributed by atoms with van der Waals surface area (Å²) in [5.74, 6) is 0.499. The number of fused-ring (bicyclic) bond motifs is 1. The second kappa shape index (κ2) is 5.23. The highest BCUT2D eigenvalue weighted by Crippen LogP contribution is 2.46. The summed E-state index contributed by atoms with van der Waals surface area (Å²) in [6, 6.07) is 4.62. The number of anilines is 1. The van der Waals surface area contributed by atoms with Crippen LogP contribution in [0.1, 0.15) is 74.9 Å². The van der Waals surface area contributed by atoms with Crippen LogP contribution in [0.15, 0.2) is 12.1 Å². The Bertz CT molecular complexity index is 518. The third-order valence-electron chi connectivity index (χ3n) is 4.75. The molecule has 1 aliphatic heterocycles. The van der Waals surface area contributed by atoms with Gasteiger partial charge in [-0.2, -0.15) is 0 Å². The maximum atomic E-state index is 11.1. The van der Waals surface area contributed by atoms with Crippen molar-refractivity contribution in [3.63, 3.8) is 0 Å². The van der Waals surface area contributed by atoms with Crippen LogP contribution in [0.4, 0.5) is 5.69 Å². The number of carbonyl (C=O) groups excluding carboxylic acids is 1. The van der Waals surface area contributed by atoms with E-state index in [4.69, 9.17) is 0 Å². The first-order valence-electron chi connectivity index (χ1n) is 7.71. The molecule has 1 aliphatic rings. The molecule has 20 heavy (non-hydrogen) atoms. The monoisotopic (exact) mass is 273 g/mol. The van der Waals surface area contributed by atoms with Gasteiger partial charge >= 0.3 is 0 Å². The maximum Gasteiger partial charge on any atom is 0.150 e. The molecule has 110 valence electrons. The zero-order valence-electron chi connectivity index (χ0n) is 13.7. The summed E-state index contributed by atoms with van der Waals surface area (Å²) < 4.78 is 0. The first-order valence-corrected chi connectivity index (χ1v) is 7.71. The van der Waals surface area contributed by atoms with Gasteiger partial charge in [0.1, 0.15) is 6.29 Å².